The van der Waals surface area contributed by atoms with E-state index in [-0.39, 0.29) is 18.3 Å². The molecule has 28 heavy (non-hydrogen) atoms. The lowest BCUT2D eigenvalue weighted by molar-refractivity contribution is -0.121. The molecule has 0 aliphatic rings. The summed E-state index contributed by atoms with van der Waals surface area (Å²) >= 11 is 1.44. The normalized spacial score (nSPS) is 10.7. The molecule has 0 radical (unpaired) electrons. The molecular weight excluding hydrogens is 381 g/mol. The van der Waals surface area contributed by atoms with E-state index in [1.54, 1.807) is 19.1 Å². The van der Waals surface area contributed by atoms with E-state index in [0.717, 1.165) is 4.88 Å². The van der Waals surface area contributed by atoms with Crippen LogP contribution in [0.5, 0.6) is 0 Å². The number of likely N-dealkylation sites (N-methyl/N-ethyl adjacent to an activating group) is 2. The number of carbonyl (C=O) groups excluding carboxylic acids is 2. The van der Waals surface area contributed by atoms with Crippen LogP contribution >= 0.6 is 11.3 Å². The Bertz CT molecular complexity index is 971. The van der Waals surface area contributed by atoms with Crippen LogP contribution in [0.15, 0.2) is 41.8 Å². The van der Waals surface area contributed by atoms with Crippen molar-refractivity contribution >= 4 is 23.2 Å². The van der Waals surface area contributed by atoms with E-state index in [9.17, 15) is 14.0 Å². The molecule has 7 nitrogen and oxygen atoms in total. The van der Waals surface area contributed by atoms with Gasteiger partial charge < -0.3 is 10.2 Å². The largest absolute Gasteiger partial charge is 0.355 e. The second-order valence-corrected chi connectivity index (χ2v) is 6.85. The van der Waals surface area contributed by atoms with Crippen molar-refractivity contribution in [2.45, 2.75) is 13.8 Å². The second-order valence-electron chi connectivity index (χ2n) is 5.90. The number of amides is 2. The zero-order chi connectivity index (χ0) is 20.1. The minimum atomic E-state index is -0.457. The summed E-state index contributed by atoms with van der Waals surface area (Å²) in [5, 5.41) is 8.87. The van der Waals surface area contributed by atoms with E-state index in [4.69, 9.17) is 0 Å². The highest BCUT2D eigenvalue weighted by molar-refractivity contribution is 7.13. The van der Waals surface area contributed by atoms with Gasteiger partial charge in [0.15, 0.2) is 5.82 Å². The number of benzene rings is 1. The summed E-state index contributed by atoms with van der Waals surface area (Å²) in [4.78, 5) is 31.3. The monoisotopic (exact) mass is 401 g/mol. The highest BCUT2D eigenvalue weighted by Crippen LogP contribution is 2.26. The number of carbonyl (C=O) groups is 2. The van der Waals surface area contributed by atoms with Crippen LogP contribution < -0.4 is 5.32 Å². The van der Waals surface area contributed by atoms with Crippen molar-refractivity contribution in [2.75, 3.05) is 19.6 Å². The second kappa shape index (κ2) is 8.75. The molecule has 0 aliphatic heterocycles. The first-order chi connectivity index (χ1) is 13.5. The van der Waals surface area contributed by atoms with Gasteiger partial charge >= 0.3 is 0 Å². The average molecular weight is 401 g/mol. The zero-order valence-corrected chi connectivity index (χ0v) is 16.4. The maximum atomic E-state index is 13.7. The van der Waals surface area contributed by atoms with E-state index in [1.807, 2.05) is 24.4 Å². The first kappa shape index (κ1) is 19.7. The zero-order valence-electron chi connectivity index (χ0n) is 15.6. The van der Waals surface area contributed by atoms with Gasteiger partial charge in [-0.05, 0) is 43.5 Å². The van der Waals surface area contributed by atoms with Crippen LogP contribution in [-0.2, 0) is 4.79 Å². The van der Waals surface area contributed by atoms with Crippen molar-refractivity contribution < 1.29 is 14.0 Å². The third kappa shape index (κ3) is 4.25. The summed E-state index contributed by atoms with van der Waals surface area (Å²) in [6.07, 6.45) is 0. The van der Waals surface area contributed by atoms with E-state index in [0.29, 0.717) is 24.6 Å². The Kier molecular flexibility index (Phi) is 6.15. The number of hydrogen-bond acceptors (Lipinski definition) is 5. The molecule has 2 heterocycles. The molecule has 0 spiro atoms. The number of nitrogens with one attached hydrogen (secondary N) is 1. The minimum absolute atomic E-state index is 0.0428. The highest BCUT2D eigenvalue weighted by Gasteiger charge is 2.24. The van der Waals surface area contributed by atoms with Gasteiger partial charge in [-0.25, -0.2) is 14.1 Å². The Morgan fingerprint density at radius 1 is 1.25 bits per heavy atom. The van der Waals surface area contributed by atoms with Crippen molar-refractivity contribution in [3.63, 3.8) is 0 Å². The van der Waals surface area contributed by atoms with Crippen LogP contribution in [0.4, 0.5) is 4.39 Å². The van der Waals surface area contributed by atoms with Crippen molar-refractivity contribution in [1.82, 2.24) is 25.0 Å². The predicted octanol–water partition coefficient (Wildman–Crippen LogP) is 2.73. The van der Waals surface area contributed by atoms with E-state index >= 15 is 0 Å². The maximum Gasteiger partial charge on any atom is 0.294 e. The lowest BCUT2D eigenvalue weighted by atomic mass is 10.3. The lowest BCUT2D eigenvalue weighted by Gasteiger charge is -2.18. The predicted molar refractivity (Wildman–Crippen MR) is 105 cm³/mol. The van der Waals surface area contributed by atoms with Crippen molar-refractivity contribution in [1.29, 1.82) is 0 Å². The third-order valence-corrected chi connectivity index (χ3v) is 4.84. The summed E-state index contributed by atoms with van der Waals surface area (Å²) in [6.45, 7) is 4.33. The molecule has 1 N–H and O–H groups in total. The Balaban J connectivity index is 1.99. The fraction of sp³-hybridized carbons (Fsp3) is 0.263. The van der Waals surface area contributed by atoms with Crippen LogP contribution in [0.1, 0.15) is 24.5 Å². The summed E-state index contributed by atoms with van der Waals surface area (Å²) in [5.41, 5.74) is 0.460. The van der Waals surface area contributed by atoms with Gasteiger partial charge in [0.25, 0.3) is 5.91 Å². The smallest absolute Gasteiger partial charge is 0.294 e. The van der Waals surface area contributed by atoms with E-state index < -0.39 is 11.7 Å². The number of aromatic nitrogens is 3. The van der Waals surface area contributed by atoms with Gasteiger partial charge in [0.05, 0.1) is 17.1 Å². The molecule has 1 aromatic carbocycles. The molecule has 0 fully saturated rings. The van der Waals surface area contributed by atoms with E-state index in [2.05, 4.69) is 15.4 Å². The van der Waals surface area contributed by atoms with Crippen LogP contribution in [0.25, 0.3) is 16.4 Å². The Morgan fingerprint density at radius 2 is 2.07 bits per heavy atom. The number of hydrogen-bond donors (Lipinski definition) is 1. The third-order valence-electron chi connectivity index (χ3n) is 3.97. The summed E-state index contributed by atoms with van der Waals surface area (Å²) in [5.74, 6) is -0.719. The number of halogens is 1. The molecular formula is C19H20FN5O2S. The molecule has 0 bridgehead atoms. The molecule has 0 unspecified atom stereocenters. The molecule has 0 saturated carbocycles. The Hall–Kier alpha value is -3.07. The first-order valence-electron chi connectivity index (χ1n) is 8.86. The van der Waals surface area contributed by atoms with Crippen molar-refractivity contribution in [3.05, 3.63) is 53.4 Å². The Labute approximate surface area is 165 Å². The van der Waals surface area contributed by atoms with Gasteiger partial charge in [-0.15, -0.1) is 16.4 Å². The van der Waals surface area contributed by atoms with Gasteiger partial charge in [-0.1, -0.05) is 12.1 Å². The lowest BCUT2D eigenvalue weighted by Crippen LogP contribution is -2.41. The van der Waals surface area contributed by atoms with Gasteiger partial charge in [0, 0.05) is 13.1 Å². The minimum Gasteiger partial charge on any atom is -0.355 e. The molecule has 0 aliphatic carbocycles. The molecule has 0 saturated heterocycles. The summed E-state index contributed by atoms with van der Waals surface area (Å²) < 4.78 is 15.2. The van der Waals surface area contributed by atoms with Gasteiger partial charge in [-0.2, -0.15) is 0 Å². The molecule has 146 valence electrons. The SMILES string of the molecule is CCNC(=O)CN(CC)C(=O)c1nc(-c2cccs2)n(-c2cccc(F)c2)n1. The fourth-order valence-electron chi connectivity index (χ4n) is 2.65. The molecule has 0 atom stereocenters. The first-order valence-corrected chi connectivity index (χ1v) is 9.74. The topological polar surface area (TPSA) is 80.1 Å². The molecule has 3 aromatic rings. The molecule has 2 amide bonds. The van der Waals surface area contributed by atoms with E-state index in [1.165, 1.54) is 33.1 Å². The van der Waals surface area contributed by atoms with Gasteiger partial charge in [0.1, 0.15) is 5.82 Å². The van der Waals surface area contributed by atoms with Crippen LogP contribution in [0.2, 0.25) is 0 Å². The van der Waals surface area contributed by atoms with Crippen LogP contribution in [0.3, 0.4) is 0 Å². The molecule has 3 rings (SSSR count). The van der Waals surface area contributed by atoms with Crippen LogP contribution in [0, 0.1) is 5.82 Å². The molecule has 2 aromatic heterocycles. The van der Waals surface area contributed by atoms with Crippen molar-refractivity contribution in [2.24, 2.45) is 0 Å². The summed E-state index contributed by atoms with van der Waals surface area (Å²) in [7, 11) is 0. The quantitative estimate of drug-likeness (QED) is 0.660. The average Bonchev–Trinajstić information content (AvgIpc) is 3.35. The number of rotatable bonds is 7. The van der Waals surface area contributed by atoms with Crippen LogP contribution in [-0.4, -0.2) is 51.1 Å². The Morgan fingerprint density at radius 3 is 2.71 bits per heavy atom. The van der Waals surface area contributed by atoms with Gasteiger partial charge in [0.2, 0.25) is 11.7 Å². The standard InChI is InChI=1S/C19H20FN5O2S/c1-3-21-16(26)12-24(4-2)19(27)17-22-18(15-9-6-10-28-15)25(23-17)14-8-5-7-13(20)11-14/h5-11H,3-4,12H2,1-2H3,(H,21,26). The number of thiophene rings is 1. The summed E-state index contributed by atoms with van der Waals surface area (Å²) in [6, 6.07) is 9.63. The highest BCUT2D eigenvalue weighted by atomic mass is 32.1. The maximum absolute atomic E-state index is 13.7. The fourth-order valence-corrected chi connectivity index (χ4v) is 3.35. The van der Waals surface area contributed by atoms with Gasteiger partial charge in [-0.3, -0.25) is 9.59 Å². The van der Waals surface area contributed by atoms with Crippen molar-refractivity contribution in [3.8, 4) is 16.4 Å². The number of nitrogens with zero attached hydrogens (tertiary/aromatic N) is 4. The molecule has 9 heteroatoms.